The fourth-order valence-electron chi connectivity index (χ4n) is 2.20. The van der Waals surface area contributed by atoms with Crippen molar-refractivity contribution >= 4 is 22.6 Å². The molecule has 0 aliphatic heterocycles. The quantitative estimate of drug-likeness (QED) is 0.862. The lowest BCUT2D eigenvalue weighted by Crippen LogP contribution is -2.17. The van der Waals surface area contributed by atoms with E-state index in [1.54, 1.807) is 13.0 Å². The van der Waals surface area contributed by atoms with Gasteiger partial charge in [0, 0.05) is 11.7 Å². The second-order valence-electron chi connectivity index (χ2n) is 4.96. The fourth-order valence-corrected chi connectivity index (χ4v) is 2.20. The number of aromatic nitrogens is 2. The van der Waals surface area contributed by atoms with Crippen molar-refractivity contribution in [1.82, 2.24) is 9.55 Å². The molecule has 118 valence electrons. The maximum Gasteiger partial charge on any atom is 0.449 e. The number of halogens is 3. The number of carbonyl (C=O) groups is 1. The van der Waals surface area contributed by atoms with Crippen molar-refractivity contribution in [1.29, 1.82) is 0 Å². The summed E-state index contributed by atoms with van der Waals surface area (Å²) < 4.78 is 40.7. The number of anilines is 1. The van der Waals surface area contributed by atoms with Crippen LogP contribution < -0.4 is 5.32 Å². The number of fused-ring (bicyclic) bond motifs is 1. The van der Waals surface area contributed by atoms with Crippen LogP contribution in [-0.2, 0) is 11.0 Å². The smallest absolute Gasteiger partial charge is 0.322 e. The van der Waals surface area contributed by atoms with Gasteiger partial charge in [0.2, 0.25) is 11.7 Å². The van der Waals surface area contributed by atoms with Gasteiger partial charge in [-0.25, -0.2) is 4.98 Å². The van der Waals surface area contributed by atoms with Gasteiger partial charge in [0.15, 0.2) is 0 Å². The molecule has 7 heteroatoms. The predicted molar refractivity (Wildman–Crippen MR) is 78.6 cm³/mol. The molecule has 1 unspecified atom stereocenters. The zero-order chi connectivity index (χ0) is 16.5. The molecule has 0 aliphatic carbocycles. The van der Waals surface area contributed by atoms with E-state index in [0.29, 0.717) is 17.6 Å². The summed E-state index contributed by atoms with van der Waals surface area (Å²) in [6.45, 7) is 6.85. The van der Waals surface area contributed by atoms with Gasteiger partial charge >= 0.3 is 6.18 Å². The number of imidazole rings is 1. The molecular formula is C15H16F3N3O. The van der Waals surface area contributed by atoms with Crippen molar-refractivity contribution in [2.75, 3.05) is 5.32 Å². The van der Waals surface area contributed by atoms with E-state index in [1.807, 2.05) is 6.92 Å². The molecule has 2 aromatic rings. The van der Waals surface area contributed by atoms with E-state index in [9.17, 15) is 18.0 Å². The standard InChI is InChI=1S/C15H16F3N3O/c1-4-9(3)21-12-7-6-10(19-13(22)5-2)8-11(12)20-14(21)15(16,17)18/h5-9H,2,4H2,1,3H3,(H,19,22). The van der Waals surface area contributed by atoms with Gasteiger partial charge in [0.1, 0.15) is 0 Å². The van der Waals surface area contributed by atoms with Crippen LogP contribution in [0.25, 0.3) is 11.0 Å². The minimum Gasteiger partial charge on any atom is -0.322 e. The summed E-state index contributed by atoms with van der Waals surface area (Å²) in [5.41, 5.74) is 0.952. The number of alkyl halides is 3. The molecule has 1 aromatic heterocycles. The molecule has 1 aromatic carbocycles. The lowest BCUT2D eigenvalue weighted by molar-refractivity contribution is -0.147. The van der Waals surface area contributed by atoms with Crippen molar-refractivity contribution in [2.45, 2.75) is 32.5 Å². The Labute approximate surface area is 125 Å². The first-order chi connectivity index (χ1) is 10.3. The fraction of sp³-hybridized carbons (Fsp3) is 0.333. The largest absolute Gasteiger partial charge is 0.449 e. The molecule has 0 spiro atoms. The first-order valence-corrected chi connectivity index (χ1v) is 6.80. The van der Waals surface area contributed by atoms with Gasteiger partial charge in [-0.05, 0) is 37.6 Å². The molecule has 1 N–H and O–H groups in total. The van der Waals surface area contributed by atoms with Crippen molar-refractivity contribution in [3.8, 4) is 0 Å². The average molecular weight is 311 g/mol. The van der Waals surface area contributed by atoms with Crippen LogP contribution in [0.4, 0.5) is 18.9 Å². The molecular weight excluding hydrogens is 295 g/mol. The highest BCUT2D eigenvalue weighted by atomic mass is 19.4. The van der Waals surface area contributed by atoms with Gasteiger partial charge in [0.25, 0.3) is 0 Å². The third-order valence-corrected chi connectivity index (χ3v) is 3.43. The van der Waals surface area contributed by atoms with Crippen LogP contribution in [0.2, 0.25) is 0 Å². The highest BCUT2D eigenvalue weighted by molar-refractivity contribution is 6.00. The van der Waals surface area contributed by atoms with Crippen molar-refractivity contribution in [3.63, 3.8) is 0 Å². The Bertz CT molecular complexity index is 719. The molecule has 1 atom stereocenters. The van der Waals surface area contributed by atoms with Gasteiger partial charge in [-0.2, -0.15) is 13.2 Å². The second-order valence-corrected chi connectivity index (χ2v) is 4.96. The third-order valence-electron chi connectivity index (χ3n) is 3.43. The molecule has 1 heterocycles. The molecule has 22 heavy (non-hydrogen) atoms. The molecule has 1 amide bonds. The van der Waals surface area contributed by atoms with E-state index in [-0.39, 0.29) is 11.6 Å². The minimum absolute atomic E-state index is 0.189. The van der Waals surface area contributed by atoms with E-state index >= 15 is 0 Å². The summed E-state index contributed by atoms with van der Waals surface area (Å²) in [5.74, 6) is -1.36. The van der Waals surface area contributed by atoms with Gasteiger partial charge in [-0.1, -0.05) is 13.5 Å². The number of amides is 1. The topological polar surface area (TPSA) is 46.9 Å². The molecule has 0 radical (unpaired) electrons. The first-order valence-electron chi connectivity index (χ1n) is 6.80. The minimum atomic E-state index is -4.53. The van der Waals surface area contributed by atoms with Gasteiger partial charge < -0.3 is 9.88 Å². The first kappa shape index (κ1) is 16.1. The van der Waals surface area contributed by atoms with Crippen LogP contribution in [-0.4, -0.2) is 15.5 Å². The molecule has 2 rings (SSSR count). The Balaban J connectivity index is 2.60. The zero-order valence-electron chi connectivity index (χ0n) is 12.2. The van der Waals surface area contributed by atoms with Crippen LogP contribution in [0.1, 0.15) is 32.1 Å². The SMILES string of the molecule is C=CC(=O)Nc1ccc2c(c1)nc(C(F)(F)F)n2C(C)CC. The van der Waals surface area contributed by atoms with Crippen molar-refractivity contribution in [3.05, 3.63) is 36.7 Å². The van der Waals surface area contributed by atoms with Crippen LogP contribution in [0.5, 0.6) is 0 Å². The van der Waals surface area contributed by atoms with Gasteiger partial charge in [-0.15, -0.1) is 0 Å². The van der Waals surface area contributed by atoms with Crippen LogP contribution in [0.3, 0.4) is 0 Å². The number of rotatable bonds is 4. The predicted octanol–water partition coefficient (Wildman–Crippen LogP) is 4.15. The molecule has 0 aliphatic rings. The highest BCUT2D eigenvalue weighted by Gasteiger charge is 2.38. The lowest BCUT2D eigenvalue weighted by atomic mass is 10.2. The van der Waals surface area contributed by atoms with Gasteiger partial charge in [0.05, 0.1) is 11.0 Å². The number of nitrogens with one attached hydrogen (secondary N) is 1. The average Bonchev–Trinajstić information content (AvgIpc) is 2.85. The highest BCUT2D eigenvalue weighted by Crippen LogP contribution is 2.35. The Morgan fingerprint density at radius 3 is 2.73 bits per heavy atom. The number of hydrogen-bond donors (Lipinski definition) is 1. The zero-order valence-corrected chi connectivity index (χ0v) is 12.2. The van der Waals surface area contributed by atoms with Crippen LogP contribution in [0, 0.1) is 0 Å². The maximum atomic E-state index is 13.2. The summed E-state index contributed by atoms with van der Waals surface area (Å²) in [4.78, 5) is 15.0. The maximum absolute atomic E-state index is 13.2. The van der Waals surface area contributed by atoms with E-state index in [1.165, 1.54) is 16.7 Å². The summed E-state index contributed by atoms with van der Waals surface area (Å²) in [7, 11) is 0. The van der Waals surface area contributed by atoms with Crippen molar-refractivity contribution < 1.29 is 18.0 Å². The number of benzene rings is 1. The van der Waals surface area contributed by atoms with Crippen LogP contribution in [0.15, 0.2) is 30.9 Å². The normalized spacial score (nSPS) is 13.1. The number of hydrogen-bond acceptors (Lipinski definition) is 2. The number of carbonyl (C=O) groups excluding carboxylic acids is 1. The lowest BCUT2D eigenvalue weighted by Gasteiger charge is -2.17. The number of nitrogens with zero attached hydrogens (tertiary/aromatic N) is 2. The van der Waals surface area contributed by atoms with E-state index < -0.39 is 17.9 Å². The van der Waals surface area contributed by atoms with E-state index in [2.05, 4.69) is 16.9 Å². The second kappa shape index (κ2) is 5.82. The molecule has 0 fully saturated rings. The summed E-state index contributed by atoms with van der Waals surface area (Å²) in [6, 6.07) is 4.16. The monoisotopic (exact) mass is 311 g/mol. The molecule has 0 saturated carbocycles. The van der Waals surface area contributed by atoms with E-state index in [0.717, 1.165) is 6.08 Å². The Kier molecular flexibility index (Phi) is 4.25. The van der Waals surface area contributed by atoms with Crippen molar-refractivity contribution in [2.24, 2.45) is 0 Å². The Hall–Kier alpha value is -2.31. The van der Waals surface area contributed by atoms with E-state index in [4.69, 9.17) is 0 Å². The molecule has 0 saturated heterocycles. The third kappa shape index (κ3) is 2.98. The Morgan fingerprint density at radius 1 is 1.50 bits per heavy atom. The van der Waals surface area contributed by atoms with Crippen LogP contribution >= 0.6 is 0 Å². The molecule has 0 bridgehead atoms. The Morgan fingerprint density at radius 2 is 2.18 bits per heavy atom. The molecule has 4 nitrogen and oxygen atoms in total. The van der Waals surface area contributed by atoms with Gasteiger partial charge in [-0.3, -0.25) is 4.79 Å². The summed E-state index contributed by atoms with van der Waals surface area (Å²) in [6.07, 6.45) is -2.90. The summed E-state index contributed by atoms with van der Waals surface area (Å²) in [5, 5.41) is 2.51. The summed E-state index contributed by atoms with van der Waals surface area (Å²) >= 11 is 0.